The van der Waals surface area contributed by atoms with Gasteiger partial charge in [0.15, 0.2) is 12.1 Å². The Morgan fingerprint density at radius 2 is 1.35 bits per heavy atom. The van der Waals surface area contributed by atoms with Gasteiger partial charge in [0.05, 0.1) is 63.1 Å². The Balaban J connectivity index is 1.12. The molecule has 5 rings (SSSR count). The quantitative estimate of drug-likeness (QED) is 0.0483. The second-order valence-electron chi connectivity index (χ2n) is 21.1. The molecule has 0 radical (unpaired) electrons. The number of fused-ring (bicyclic) bond motifs is 3. The van der Waals surface area contributed by atoms with Crippen molar-refractivity contribution in [1.29, 1.82) is 0 Å². The lowest BCUT2D eigenvalue weighted by Crippen LogP contribution is -2.55. The number of likely N-dealkylation sites (tertiary alicyclic amines) is 1. The van der Waals surface area contributed by atoms with Gasteiger partial charge in [0.25, 0.3) is 0 Å². The molecule has 2 N–H and O–H groups in total. The highest BCUT2D eigenvalue weighted by molar-refractivity contribution is 5.89. The molecule has 1 fully saturated rings. The predicted molar refractivity (Wildman–Crippen MR) is 299 cm³/mol. The largest absolute Gasteiger partial charge is 0.436 e. The van der Waals surface area contributed by atoms with E-state index in [-0.39, 0.29) is 81.3 Å². The Hall–Kier alpha value is -6.08. The first-order valence-electron chi connectivity index (χ1n) is 27.3. The summed E-state index contributed by atoms with van der Waals surface area (Å²) in [5.41, 5.74) is 4.93. The number of benzene rings is 3. The van der Waals surface area contributed by atoms with Gasteiger partial charge in [-0.25, -0.2) is 9.79 Å². The summed E-state index contributed by atoms with van der Waals surface area (Å²) in [6.45, 7) is 11.9. The number of hydrogen-bond acceptors (Lipinski definition) is 11. The number of methoxy groups -OCH3 is 2. The van der Waals surface area contributed by atoms with Crippen LogP contribution in [-0.2, 0) is 49.3 Å². The third-order valence-corrected chi connectivity index (χ3v) is 14.9. The SMILES string of the molecule is CC[C@H](C)[C@@H]([C@@H](CC(=O)N1CCC[C@H]1[C@H](OC)[C@@H](C)C(=O)N[C@@H](Cc1ccccc1)C(=O)NCCOCCOCCN(C)C(=O)OC1c2ccccc2-c2ccccc21)OC)N(C)C(=O)[C@@H](N=C(N(C)C)N(C)C)C(C)C. The molecule has 0 unspecified atom stereocenters. The van der Waals surface area contributed by atoms with E-state index in [1.54, 1.807) is 45.0 Å². The fraction of sp³-hybridized carbons (Fsp3) is 0.593. The molecule has 1 heterocycles. The van der Waals surface area contributed by atoms with Crippen molar-refractivity contribution in [3.05, 3.63) is 95.6 Å². The average Bonchev–Trinajstić information content (AvgIpc) is 4.03. The summed E-state index contributed by atoms with van der Waals surface area (Å²) in [4.78, 5) is 83.7. The standard InChI is InChI=1S/C59H88N8O10/c1-14-40(4)52(66(11)57(71)51(39(2)3)62-58(63(6)7)64(8)9)49(73-12)38-50(68)67-31-22-29-48(67)53(74-13)41(5)55(69)61-47(37-42-23-16-15-17-24-42)56(70)60-30-33-75-35-36-76-34-32-65(10)59(72)77-54-45-27-20-18-25-43(45)44-26-19-21-28-46(44)54/h15-21,23-28,39-41,47-49,51-54H,14,22,29-38H2,1-13H3,(H,60,70)(H,61,69)/t40-,41+,47-,48-,49+,51-,52-,53+/m0/s1. The minimum Gasteiger partial charge on any atom is -0.436 e. The van der Waals surface area contributed by atoms with Gasteiger partial charge in [-0.05, 0) is 41.4 Å². The molecular formula is C59H88N8O10. The zero-order valence-electron chi connectivity index (χ0n) is 48.0. The lowest BCUT2D eigenvalue weighted by molar-refractivity contribution is -0.146. The molecule has 0 spiro atoms. The summed E-state index contributed by atoms with van der Waals surface area (Å²) in [6.07, 6.45) is 0.137. The number of nitrogens with one attached hydrogen (secondary N) is 2. The van der Waals surface area contributed by atoms with Crippen LogP contribution in [0.4, 0.5) is 4.79 Å². The number of ether oxygens (including phenoxy) is 5. The van der Waals surface area contributed by atoms with E-state index in [1.807, 2.05) is 131 Å². The molecule has 18 heteroatoms. The topological polar surface area (TPSA) is 184 Å². The van der Waals surface area contributed by atoms with Crippen LogP contribution in [0.5, 0.6) is 0 Å². The Labute approximate surface area is 458 Å². The van der Waals surface area contributed by atoms with E-state index in [4.69, 9.17) is 28.7 Å². The molecule has 3 aromatic rings. The van der Waals surface area contributed by atoms with Crippen LogP contribution in [-0.4, -0.2) is 199 Å². The summed E-state index contributed by atoms with van der Waals surface area (Å²) >= 11 is 0. The van der Waals surface area contributed by atoms with Crippen LogP contribution in [0.2, 0.25) is 0 Å². The van der Waals surface area contributed by atoms with Gasteiger partial charge in [-0.1, -0.05) is 120 Å². The Morgan fingerprint density at radius 1 is 0.753 bits per heavy atom. The monoisotopic (exact) mass is 1070 g/mol. The predicted octanol–water partition coefficient (Wildman–Crippen LogP) is 6.13. The van der Waals surface area contributed by atoms with Crippen LogP contribution in [0.1, 0.15) is 83.1 Å². The highest BCUT2D eigenvalue weighted by Gasteiger charge is 2.43. The zero-order valence-corrected chi connectivity index (χ0v) is 48.0. The molecule has 0 bridgehead atoms. The Bertz CT molecular complexity index is 2350. The number of likely N-dealkylation sites (N-methyl/N-ethyl adjacent to an activating group) is 2. The van der Waals surface area contributed by atoms with Crippen LogP contribution in [0.3, 0.4) is 0 Å². The fourth-order valence-corrected chi connectivity index (χ4v) is 10.5. The van der Waals surface area contributed by atoms with Gasteiger partial charge in [-0.2, -0.15) is 0 Å². The van der Waals surface area contributed by atoms with E-state index in [2.05, 4.69) is 24.5 Å². The molecule has 1 aliphatic carbocycles. The number of hydrogen-bond donors (Lipinski definition) is 2. The number of aliphatic imine (C=N–C) groups is 1. The molecule has 0 aromatic heterocycles. The van der Waals surface area contributed by atoms with Gasteiger partial charge in [-0.3, -0.25) is 19.2 Å². The molecule has 18 nitrogen and oxygen atoms in total. The number of amides is 5. The maximum absolute atomic E-state index is 14.5. The molecule has 3 aromatic carbocycles. The van der Waals surface area contributed by atoms with E-state index in [0.717, 1.165) is 40.7 Å². The summed E-state index contributed by atoms with van der Waals surface area (Å²) in [5, 5.41) is 5.92. The highest BCUT2D eigenvalue weighted by atomic mass is 16.6. The Kier molecular flexibility index (Phi) is 24.2. The number of carbonyl (C=O) groups excluding carboxylic acids is 5. The smallest absolute Gasteiger partial charge is 0.410 e. The molecule has 424 valence electrons. The van der Waals surface area contributed by atoms with Gasteiger partial charge in [-0.15, -0.1) is 0 Å². The van der Waals surface area contributed by atoms with E-state index < -0.39 is 54.5 Å². The van der Waals surface area contributed by atoms with Crippen molar-refractivity contribution in [2.75, 3.05) is 103 Å². The lowest BCUT2D eigenvalue weighted by Gasteiger charge is -2.40. The summed E-state index contributed by atoms with van der Waals surface area (Å²) in [7, 11) is 14.2. The molecule has 5 amide bonds. The first kappa shape index (κ1) is 61.8. The normalized spacial score (nSPS) is 16.7. The third kappa shape index (κ3) is 16.5. The summed E-state index contributed by atoms with van der Waals surface area (Å²) in [5.74, 6) is -1.21. The molecule has 77 heavy (non-hydrogen) atoms. The molecular weight excluding hydrogens is 981 g/mol. The van der Waals surface area contributed by atoms with E-state index >= 15 is 0 Å². The van der Waals surface area contributed by atoms with Crippen molar-refractivity contribution in [1.82, 2.24) is 35.1 Å². The second kappa shape index (κ2) is 30.2. The maximum atomic E-state index is 14.5. The molecule has 2 aliphatic rings. The van der Waals surface area contributed by atoms with E-state index in [1.165, 1.54) is 4.90 Å². The van der Waals surface area contributed by atoms with Gasteiger partial charge >= 0.3 is 6.09 Å². The van der Waals surface area contributed by atoms with Crippen molar-refractivity contribution >= 4 is 35.7 Å². The molecule has 1 aliphatic heterocycles. The summed E-state index contributed by atoms with van der Waals surface area (Å²) in [6, 6.07) is 23.0. The lowest BCUT2D eigenvalue weighted by atomic mass is 9.89. The van der Waals surface area contributed by atoms with Crippen molar-refractivity contribution in [2.24, 2.45) is 22.7 Å². The van der Waals surface area contributed by atoms with Gasteiger partial charge < -0.3 is 58.8 Å². The molecule has 0 saturated carbocycles. The Morgan fingerprint density at radius 3 is 1.92 bits per heavy atom. The number of nitrogens with zero attached hydrogens (tertiary/aromatic N) is 6. The van der Waals surface area contributed by atoms with Crippen molar-refractivity contribution in [3.8, 4) is 11.1 Å². The van der Waals surface area contributed by atoms with Gasteiger partial charge in [0.2, 0.25) is 23.6 Å². The fourth-order valence-electron chi connectivity index (χ4n) is 10.5. The zero-order chi connectivity index (χ0) is 56.3. The first-order chi connectivity index (χ1) is 36.8. The van der Waals surface area contributed by atoms with Crippen LogP contribution < -0.4 is 10.6 Å². The minimum absolute atomic E-state index is 0.00925. The van der Waals surface area contributed by atoms with Crippen LogP contribution >= 0.6 is 0 Å². The number of carbonyl (C=O) groups is 5. The second-order valence-corrected chi connectivity index (χ2v) is 21.1. The van der Waals surface area contributed by atoms with E-state index in [9.17, 15) is 24.0 Å². The average molecular weight is 1070 g/mol. The van der Waals surface area contributed by atoms with Crippen molar-refractivity contribution in [3.63, 3.8) is 0 Å². The summed E-state index contributed by atoms with van der Waals surface area (Å²) < 4.78 is 29.7. The van der Waals surface area contributed by atoms with Gasteiger partial charge in [0.1, 0.15) is 12.1 Å². The van der Waals surface area contributed by atoms with Crippen molar-refractivity contribution < 1.29 is 47.7 Å². The molecule has 1 saturated heterocycles. The first-order valence-corrected chi connectivity index (χ1v) is 27.3. The van der Waals surface area contributed by atoms with Crippen LogP contribution in [0.15, 0.2) is 83.9 Å². The van der Waals surface area contributed by atoms with Crippen molar-refractivity contribution in [2.45, 2.75) is 109 Å². The third-order valence-electron chi connectivity index (χ3n) is 14.9. The van der Waals surface area contributed by atoms with Crippen LogP contribution in [0.25, 0.3) is 11.1 Å². The molecule has 8 atom stereocenters. The van der Waals surface area contributed by atoms with E-state index in [0.29, 0.717) is 25.5 Å². The number of guanidine groups is 1. The highest BCUT2D eigenvalue weighted by Crippen LogP contribution is 2.45. The number of rotatable bonds is 28. The van der Waals surface area contributed by atoms with Crippen LogP contribution in [0, 0.1) is 17.8 Å². The minimum atomic E-state index is -0.908. The van der Waals surface area contributed by atoms with Gasteiger partial charge in [0, 0.05) is 93.7 Å². The maximum Gasteiger partial charge on any atom is 0.410 e.